The highest BCUT2D eigenvalue weighted by Gasteiger charge is 2.46. The molecule has 0 radical (unpaired) electrons. The van der Waals surface area contributed by atoms with Gasteiger partial charge in [0.2, 0.25) is 0 Å². The number of nitrogens with one attached hydrogen (secondary N) is 1. The number of aromatic amines is 1. The van der Waals surface area contributed by atoms with E-state index in [9.17, 15) is 10.1 Å². The van der Waals surface area contributed by atoms with Crippen LogP contribution in [-0.4, -0.2) is 39.7 Å². The van der Waals surface area contributed by atoms with E-state index in [1.165, 1.54) is 11.1 Å². The first-order valence-corrected chi connectivity index (χ1v) is 9.94. The zero-order chi connectivity index (χ0) is 20.7. The molecule has 0 amide bonds. The van der Waals surface area contributed by atoms with Crippen LogP contribution in [0.3, 0.4) is 0 Å². The van der Waals surface area contributed by atoms with Crippen LogP contribution in [0.4, 0.5) is 5.82 Å². The molecule has 1 saturated heterocycles. The lowest BCUT2D eigenvalue weighted by Crippen LogP contribution is -2.45. The van der Waals surface area contributed by atoms with Gasteiger partial charge in [0.15, 0.2) is 17.2 Å². The number of rotatable bonds is 4. The van der Waals surface area contributed by atoms with Crippen molar-refractivity contribution >= 4 is 23.5 Å². The largest absolute Gasteiger partial charge is 0.461 e. The molecule has 1 spiro atoms. The molecule has 1 fully saturated rings. The Labute approximate surface area is 172 Å². The number of ether oxygens (including phenoxy) is 1. The van der Waals surface area contributed by atoms with Crippen molar-refractivity contribution in [1.82, 2.24) is 20.2 Å². The van der Waals surface area contributed by atoms with Crippen molar-refractivity contribution in [2.45, 2.75) is 31.9 Å². The van der Waals surface area contributed by atoms with Crippen LogP contribution in [0.1, 0.15) is 41.4 Å². The fraction of sp³-hybridized carbons (Fsp3) is 0.381. The third-order valence-corrected chi connectivity index (χ3v) is 6.49. The number of piperidine rings is 1. The van der Waals surface area contributed by atoms with Crippen molar-refractivity contribution in [2.75, 3.05) is 18.0 Å². The summed E-state index contributed by atoms with van der Waals surface area (Å²) < 4.78 is 4.96. The van der Waals surface area contributed by atoms with E-state index in [0.29, 0.717) is 29.1 Å². The van der Waals surface area contributed by atoms with Crippen molar-refractivity contribution in [3.63, 3.8) is 0 Å². The Balaban J connectivity index is 1.43. The molecular formula is C21H21N7O2. The molecule has 0 unspecified atom stereocenters. The number of hydrogen-bond acceptors (Lipinski definition) is 8. The molecule has 1 aliphatic carbocycles. The van der Waals surface area contributed by atoms with Gasteiger partial charge in [-0.1, -0.05) is 24.3 Å². The van der Waals surface area contributed by atoms with Crippen molar-refractivity contribution in [3.05, 3.63) is 46.8 Å². The maximum absolute atomic E-state index is 10.7. The lowest BCUT2D eigenvalue weighted by molar-refractivity contribution is -0.129. The zero-order valence-electron chi connectivity index (χ0n) is 16.3. The third-order valence-electron chi connectivity index (χ3n) is 6.49. The molecule has 3 aromatic rings. The van der Waals surface area contributed by atoms with Gasteiger partial charge in [0.05, 0.1) is 0 Å². The van der Waals surface area contributed by atoms with E-state index < -0.39 is 0 Å². The molecule has 0 saturated carbocycles. The Kier molecular flexibility index (Phi) is 4.37. The van der Waals surface area contributed by atoms with Crippen LogP contribution in [-0.2, 0) is 22.6 Å². The Bertz CT molecular complexity index is 1160. The number of fused-ring (bicyclic) bond motifs is 2. The zero-order valence-corrected chi connectivity index (χ0v) is 16.3. The van der Waals surface area contributed by atoms with E-state index in [4.69, 9.17) is 10.5 Å². The first-order valence-electron chi connectivity index (χ1n) is 9.94. The van der Waals surface area contributed by atoms with Gasteiger partial charge in [0.1, 0.15) is 23.9 Å². The molecule has 30 heavy (non-hydrogen) atoms. The number of hydrogen-bond donors (Lipinski definition) is 2. The molecule has 9 nitrogen and oxygen atoms in total. The summed E-state index contributed by atoms with van der Waals surface area (Å²) in [6, 6.07) is 10.5. The Morgan fingerprint density at radius 1 is 1.33 bits per heavy atom. The van der Waals surface area contributed by atoms with Gasteiger partial charge in [-0.25, -0.2) is 9.97 Å². The topological polar surface area (TPSA) is 134 Å². The van der Waals surface area contributed by atoms with E-state index in [-0.39, 0.29) is 23.8 Å². The molecule has 1 aliphatic heterocycles. The van der Waals surface area contributed by atoms with Gasteiger partial charge in [0.25, 0.3) is 6.47 Å². The van der Waals surface area contributed by atoms with Crippen LogP contribution in [0.2, 0.25) is 0 Å². The molecule has 3 N–H and O–H groups in total. The standard InChI is InChI=1S/C21H21N7O2/c22-10-15-17-19(27-26-15)25-20(16(24-17)11-30-12-29)28-7-5-21(6-8-28)9-13-3-1-2-4-14(13)18(21)23/h1-4,12,18H,5-9,11,23H2,(H,25,26,27)/t18-/m1/s1. The van der Waals surface area contributed by atoms with E-state index in [1.54, 1.807) is 0 Å². The monoisotopic (exact) mass is 403 g/mol. The second-order valence-corrected chi connectivity index (χ2v) is 7.99. The summed E-state index contributed by atoms with van der Waals surface area (Å²) in [6.07, 6.45) is 2.86. The molecule has 3 heterocycles. The quantitative estimate of drug-likeness (QED) is 0.629. The molecule has 1 aromatic carbocycles. The number of benzene rings is 1. The molecule has 1 atom stereocenters. The van der Waals surface area contributed by atoms with Gasteiger partial charge in [-0.15, -0.1) is 0 Å². The average molecular weight is 403 g/mol. The summed E-state index contributed by atoms with van der Waals surface area (Å²) in [7, 11) is 0. The van der Waals surface area contributed by atoms with E-state index in [0.717, 1.165) is 32.4 Å². The number of nitriles is 1. The highest BCUT2D eigenvalue weighted by atomic mass is 16.5. The van der Waals surface area contributed by atoms with Crippen molar-refractivity contribution in [1.29, 1.82) is 5.26 Å². The summed E-state index contributed by atoms with van der Waals surface area (Å²) in [6.45, 7) is 1.92. The fourth-order valence-corrected chi connectivity index (χ4v) is 4.88. The predicted octanol–water partition coefficient (Wildman–Crippen LogP) is 1.74. The summed E-state index contributed by atoms with van der Waals surface area (Å²) in [5.41, 5.74) is 10.9. The van der Waals surface area contributed by atoms with Crippen molar-refractivity contribution < 1.29 is 9.53 Å². The summed E-state index contributed by atoms with van der Waals surface area (Å²) in [5.74, 6) is 0.649. The van der Waals surface area contributed by atoms with Crippen LogP contribution < -0.4 is 10.6 Å². The minimum absolute atomic E-state index is 0.00950. The molecule has 5 rings (SSSR count). The number of H-pyrrole nitrogens is 1. The predicted molar refractivity (Wildman–Crippen MR) is 108 cm³/mol. The van der Waals surface area contributed by atoms with Gasteiger partial charge < -0.3 is 15.4 Å². The fourth-order valence-electron chi connectivity index (χ4n) is 4.88. The van der Waals surface area contributed by atoms with Gasteiger partial charge >= 0.3 is 0 Å². The van der Waals surface area contributed by atoms with Gasteiger partial charge in [0, 0.05) is 19.1 Å². The molecule has 9 heteroatoms. The molecule has 2 aliphatic rings. The molecule has 2 aromatic heterocycles. The first kappa shape index (κ1) is 18.5. The normalized spacial score (nSPS) is 19.6. The second kappa shape index (κ2) is 7.07. The number of nitrogens with two attached hydrogens (primary N) is 1. The van der Waals surface area contributed by atoms with Crippen LogP contribution in [0.5, 0.6) is 0 Å². The number of carbonyl (C=O) groups excluding carboxylic acids is 1. The number of aromatic nitrogens is 4. The average Bonchev–Trinajstić information content (AvgIpc) is 3.30. The van der Waals surface area contributed by atoms with Crippen LogP contribution in [0.15, 0.2) is 24.3 Å². The van der Waals surface area contributed by atoms with Gasteiger partial charge in [-0.2, -0.15) is 10.4 Å². The smallest absolute Gasteiger partial charge is 0.293 e. The molecule has 152 valence electrons. The minimum Gasteiger partial charge on any atom is -0.461 e. The number of nitrogens with zero attached hydrogens (tertiary/aromatic N) is 5. The molecular weight excluding hydrogens is 382 g/mol. The van der Waals surface area contributed by atoms with E-state index in [2.05, 4.69) is 49.3 Å². The maximum atomic E-state index is 10.7. The maximum Gasteiger partial charge on any atom is 0.293 e. The Morgan fingerprint density at radius 3 is 2.87 bits per heavy atom. The number of carbonyl (C=O) groups is 1. The SMILES string of the molecule is N#Cc1n[nH]c2nc(N3CCC4(CC3)Cc3ccccc3[C@H]4N)c(COC=O)nc12. The summed E-state index contributed by atoms with van der Waals surface area (Å²) in [4.78, 5) is 22.1. The van der Waals surface area contributed by atoms with Crippen LogP contribution >= 0.6 is 0 Å². The highest BCUT2D eigenvalue weighted by molar-refractivity contribution is 5.77. The van der Waals surface area contributed by atoms with E-state index in [1.807, 2.05) is 6.07 Å². The third kappa shape index (κ3) is 2.80. The second-order valence-electron chi connectivity index (χ2n) is 7.99. The van der Waals surface area contributed by atoms with Gasteiger partial charge in [-0.05, 0) is 35.8 Å². The lowest BCUT2D eigenvalue weighted by Gasteiger charge is -2.42. The van der Waals surface area contributed by atoms with Gasteiger partial charge in [-0.3, -0.25) is 9.89 Å². The minimum atomic E-state index is -0.00950. The Hall–Kier alpha value is -3.51. The highest BCUT2D eigenvalue weighted by Crippen LogP contribution is 2.51. The van der Waals surface area contributed by atoms with E-state index >= 15 is 0 Å². The Morgan fingerprint density at radius 2 is 2.13 bits per heavy atom. The number of anilines is 1. The van der Waals surface area contributed by atoms with Crippen molar-refractivity contribution in [3.8, 4) is 6.07 Å². The molecule has 0 bridgehead atoms. The summed E-state index contributed by atoms with van der Waals surface area (Å²) in [5, 5.41) is 15.9. The van der Waals surface area contributed by atoms with Crippen LogP contribution in [0, 0.1) is 16.7 Å². The lowest BCUT2D eigenvalue weighted by atomic mass is 9.73. The van der Waals surface area contributed by atoms with Crippen LogP contribution in [0.25, 0.3) is 11.2 Å². The summed E-state index contributed by atoms with van der Waals surface area (Å²) >= 11 is 0. The first-order chi connectivity index (χ1) is 14.6. The van der Waals surface area contributed by atoms with Crippen molar-refractivity contribution in [2.24, 2.45) is 11.1 Å².